The van der Waals surface area contributed by atoms with Gasteiger partial charge in [-0.3, -0.25) is 9.36 Å². The molecule has 0 fully saturated rings. The number of aromatic amines is 1. The first-order valence-corrected chi connectivity index (χ1v) is 10.2. The van der Waals surface area contributed by atoms with Crippen molar-refractivity contribution in [1.82, 2.24) is 29.5 Å². The maximum Gasteiger partial charge on any atom is 0.266 e. The summed E-state index contributed by atoms with van der Waals surface area (Å²) in [5.41, 5.74) is 3.86. The Kier molecular flexibility index (Phi) is 4.87. The van der Waals surface area contributed by atoms with Crippen LogP contribution in [0, 0.1) is 6.92 Å². The smallest absolute Gasteiger partial charge is 0.266 e. The zero-order valence-electron chi connectivity index (χ0n) is 17.0. The van der Waals surface area contributed by atoms with Gasteiger partial charge in [0.05, 0.1) is 22.9 Å². The average Bonchev–Trinajstić information content (AvgIpc) is 3.27. The Hall–Kier alpha value is -4.07. The second-order valence-electron chi connectivity index (χ2n) is 7.33. The summed E-state index contributed by atoms with van der Waals surface area (Å²) < 4.78 is 1.73. The molecule has 5 aromatic rings. The number of hydrogen-bond acceptors (Lipinski definition) is 6. The van der Waals surface area contributed by atoms with Gasteiger partial charge >= 0.3 is 0 Å². The minimum absolute atomic E-state index is 0.0350. The van der Waals surface area contributed by atoms with Crippen LogP contribution in [-0.2, 0) is 6.42 Å². The third kappa shape index (κ3) is 3.52. The summed E-state index contributed by atoms with van der Waals surface area (Å²) in [5, 5.41) is 3.99. The molecule has 0 saturated carbocycles. The molecule has 5 rings (SSSR count). The van der Waals surface area contributed by atoms with Crippen molar-refractivity contribution in [3.63, 3.8) is 0 Å². The predicted molar refractivity (Wildman–Crippen MR) is 121 cm³/mol. The average molecular weight is 411 g/mol. The van der Waals surface area contributed by atoms with E-state index in [0.717, 1.165) is 34.5 Å². The summed E-state index contributed by atoms with van der Waals surface area (Å²) in [4.78, 5) is 33.9. The number of rotatable bonds is 6. The molecule has 0 aliphatic carbocycles. The molecule has 0 unspecified atom stereocenters. The topological polar surface area (TPSA) is 101 Å². The number of anilines is 1. The molecule has 0 radical (unpaired) electrons. The molecule has 3 aromatic heterocycles. The number of hydrogen-bond donors (Lipinski definition) is 2. The number of H-pyrrole nitrogens is 1. The fourth-order valence-electron chi connectivity index (χ4n) is 3.81. The molecule has 0 spiro atoms. The monoisotopic (exact) mass is 411 g/mol. The van der Waals surface area contributed by atoms with Crippen molar-refractivity contribution in [2.24, 2.45) is 0 Å². The first-order valence-electron chi connectivity index (χ1n) is 10.2. The predicted octanol–water partition coefficient (Wildman–Crippen LogP) is 3.41. The fraction of sp³-hybridized carbons (Fsp3) is 0.174. The normalized spacial score (nSPS) is 11.3. The highest BCUT2D eigenvalue weighted by atomic mass is 16.1. The van der Waals surface area contributed by atoms with E-state index in [0.29, 0.717) is 29.8 Å². The lowest BCUT2D eigenvalue weighted by atomic mass is 10.1. The van der Waals surface area contributed by atoms with Crippen molar-refractivity contribution in [2.75, 3.05) is 11.9 Å². The number of nitrogens with one attached hydrogen (secondary N) is 2. The largest absolute Gasteiger partial charge is 0.368 e. The summed E-state index contributed by atoms with van der Waals surface area (Å²) in [6.45, 7) is 2.61. The second kappa shape index (κ2) is 7.98. The van der Waals surface area contributed by atoms with E-state index in [1.807, 2.05) is 55.5 Å². The van der Waals surface area contributed by atoms with E-state index < -0.39 is 0 Å². The van der Waals surface area contributed by atoms with Crippen LogP contribution in [0.3, 0.4) is 0 Å². The van der Waals surface area contributed by atoms with Crippen LogP contribution in [0.4, 0.5) is 5.82 Å². The zero-order chi connectivity index (χ0) is 21.2. The van der Waals surface area contributed by atoms with Gasteiger partial charge in [-0.1, -0.05) is 30.3 Å². The van der Waals surface area contributed by atoms with Crippen LogP contribution in [0.1, 0.15) is 17.8 Å². The maximum atomic E-state index is 13.4. The van der Waals surface area contributed by atoms with E-state index in [2.05, 4.69) is 25.3 Å². The van der Waals surface area contributed by atoms with Crippen LogP contribution in [0.2, 0.25) is 0 Å². The number of fused-ring (bicyclic) bond motifs is 2. The van der Waals surface area contributed by atoms with Gasteiger partial charge in [0.15, 0.2) is 11.5 Å². The molecule has 2 N–H and O–H groups in total. The van der Waals surface area contributed by atoms with Crippen LogP contribution in [0.5, 0.6) is 0 Å². The van der Waals surface area contributed by atoms with Gasteiger partial charge in [-0.2, -0.15) is 0 Å². The molecule has 154 valence electrons. The van der Waals surface area contributed by atoms with Gasteiger partial charge in [0.25, 0.3) is 5.56 Å². The van der Waals surface area contributed by atoms with E-state index in [9.17, 15) is 4.79 Å². The third-order valence-electron chi connectivity index (χ3n) is 5.28. The minimum Gasteiger partial charge on any atom is -0.368 e. The zero-order valence-corrected chi connectivity index (χ0v) is 17.0. The quantitative estimate of drug-likeness (QED) is 0.415. The van der Waals surface area contributed by atoms with E-state index in [1.54, 1.807) is 10.9 Å². The first kappa shape index (κ1) is 18.9. The first-order chi connectivity index (χ1) is 15.2. The Morgan fingerprint density at radius 3 is 2.77 bits per heavy atom. The van der Waals surface area contributed by atoms with Crippen LogP contribution in [-0.4, -0.2) is 36.0 Å². The van der Waals surface area contributed by atoms with Crippen LogP contribution in [0.15, 0.2) is 66.0 Å². The number of aromatic nitrogens is 6. The summed E-state index contributed by atoms with van der Waals surface area (Å²) >= 11 is 0. The third-order valence-corrected chi connectivity index (χ3v) is 5.28. The Morgan fingerprint density at radius 1 is 1.03 bits per heavy atom. The summed E-state index contributed by atoms with van der Waals surface area (Å²) in [6, 6.07) is 15.5. The van der Waals surface area contributed by atoms with Crippen molar-refractivity contribution in [2.45, 2.75) is 19.8 Å². The molecule has 3 heterocycles. The lowest BCUT2D eigenvalue weighted by Gasteiger charge is -2.15. The Balaban J connectivity index is 1.45. The van der Waals surface area contributed by atoms with Crippen molar-refractivity contribution in [1.29, 1.82) is 0 Å². The Labute approximate surface area is 178 Å². The lowest BCUT2D eigenvalue weighted by molar-refractivity contribution is 0.753. The van der Waals surface area contributed by atoms with Crippen molar-refractivity contribution >= 4 is 27.9 Å². The molecular formula is C23H21N7O. The van der Waals surface area contributed by atoms with Gasteiger partial charge in [0.1, 0.15) is 17.7 Å². The van der Waals surface area contributed by atoms with E-state index in [4.69, 9.17) is 4.98 Å². The SMILES string of the molecule is Cc1cccc2nc(CCCNc3ncnc4nc[nH]c34)n(-c3ccccc3)c(=O)c12. The standard InChI is InChI=1S/C23H21N7O/c1-15-7-5-10-17-19(15)23(31)30(16-8-3-2-4-9-16)18(29-17)11-6-12-24-21-20-22(26-13-25-20)28-14-27-21/h2-5,7-10,13-14H,6,11-12H2,1H3,(H2,24,25,26,27,28). The number of aryl methyl sites for hydroxylation is 2. The lowest BCUT2D eigenvalue weighted by Crippen LogP contribution is -2.25. The van der Waals surface area contributed by atoms with Gasteiger partial charge in [0, 0.05) is 13.0 Å². The number of para-hydroxylation sites is 1. The van der Waals surface area contributed by atoms with E-state index in [1.165, 1.54) is 6.33 Å². The summed E-state index contributed by atoms with van der Waals surface area (Å²) in [7, 11) is 0. The number of nitrogens with zero attached hydrogens (tertiary/aromatic N) is 5. The van der Waals surface area contributed by atoms with Crippen LogP contribution < -0.4 is 10.9 Å². The number of imidazole rings is 1. The second-order valence-corrected chi connectivity index (χ2v) is 7.33. The van der Waals surface area contributed by atoms with Crippen molar-refractivity contribution < 1.29 is 0 Å². The summed E-state index contributed by atoms with van der Waals surface area (Å²) in [6.07, 6.45) is 4.50. The molecule has 0 aliphatic heterocycles. The molecule has 31 heavy (non-hydrogen) atoms. The molecule has 8 nitrogen and oxygen atoms in total. The maximum absolute atomic E-state index is 13.4. The van der Waals surface area contributed by atoms with Crippen molar-refractivity contribution in [3.8, 4) is 5.69 Å². The Morgan fingerprint density at radius 2 is 1.90 bits per heavy atom. The molecule has 2 aromatic carbocycles. The van der Waals surface area contributed by atoms with Gasteiger partial charge in [-0.05, 0) is 37.1 Å². The van der Waals surface area contributed by atoms with Crippen LogP contribution in [0.25, 0.3) is 27.8 Å². The molecule has 8 heteroatoms. The highest BCUT2D eigenvalue weighted by Crippen LogP contribution is 2.18. The molecule has 0 atom stereocenters. The molecule has 0 saturated heterocycles. The fourth-order valence-corrected chi connectivity index (χ4v) is 3.81. The molecule has 0 amide bonds. The molecule has 0 aliphatic rings. The van der Waals surface area contributed by atoms with E-state index in [-0.39, 0.29) is 5.56 Å². The van der Waals surface area contributed by atoms with E-state index >= 15 is 0 Å². The Bertz CT molecular complexity index is 1420. The van der Waals surface area contributed by atoms with Gasteiger partial charge in [-0.25, -0.2) is 19.9 Å². The van der Waals surface area contributed by atoms with Gasteiger partial charge < -0.3 is 10.3 Å². The van der Waals surface area contributed by atoms with Crippen molar-refractivity contribution in [3.05, 3.63) is 82.9 Å². The summed E-state index contributed by atoms with van der Waals surface area (Å²) in [5.74, 6) is 1.45. The molecule has 0 bridgehead atoms. The minimum atomic E-state index is -0.0350. The van der Waals surface area contributed by atoms with Gasteiger partial charge in [0.2, 0.25) is 0 Å². The highest BCUT2D eigenvalue weighted by molar-refractivity contribution is 5.82. The van der Waals surface area contributed by atoms with Crippen LogP contribution >= 0.6 is 0 Å². The number of benzene rings is 2. The highest BCUT2D eigenvalue weighted by Gasteiger charge is 2.14. The van der Waals surface area contributed by atoms with Gasteiger partial charge in [-0.15, -0.1) is 0 Å². The molecular weight excluding hydrogens is 390 g/mol.